The number of halogens is 2. The molecule has 2 heterocycles. The molecule has 0 aliphatic rings. The maximum atomic E-state index is 13.6. The van der Waals surface area contributed by atoms with E-state index in [0.29, 0.717) is 5.52 Å². The Hall–Kier alpha value is -1.62. The predicted octanol–water partition coefficient (Wildman–Crippen LogP) is 3.61. The fourth-order valence-electron chi connectivity index (χ4n) is 1.52. The number of pyridine rings is 1. The number of ether oxygens (including phenoxy) is 1. The molecule has 0 N–H and O–H groups in total. The highest BCUT2D eigenvalue weighted by Crippen LogP contribution is 2.23. The van der Waals surface area contributed by atoms with Gasteiger partial charge in [-0.3, -0.25) is 0 Å². The van der Waals surface area contributed by atoms with E-state index < -0.39 is 17.5 Å². The first-order chi connectivity index (χ1) is 8.28. The van der Waals surface area contributed by atoms with Crippen molar-refractivity contribution < 1.29 is 13.9 Å². The smallest absolute Gasteiger partial charge is 0.419 e. The van der Waals surface area contributed by atoms with E-state index in [-0.39, 0.29) is 10.5 Å². The lowest BCUT2D eigenvalue weighted by molar-refractivity contribution is 0.0543. The first-order valence-corrected chi connectivity index (χ1v) is 5.71. The van der Waals surface area contributed by atoms with Crippen molar-refractivity contribution in [2.75, 3.05) is 0 Å². The number of hydrogen-bond acceptors (Lipinski definition) is 3. The maximum absolute atomic E-state index is 13.6. The first kappa shape index (κ1) is 12.8. The summed E-state index contributed by atoms with van der Waals surface area (Å²) < 4.78 is 19.9. The predicted molar refractivity (Wildman–Crippen MR) is 66.3 cm³/mol. The molecule has 0 amide bonds. The van der Waals surface area contributed by atoms with E-state index in [0.717, 1.165) is 10.8 Å². The van der Waals surface area contributed by atoms with Crippen LogP contribution in [0.3, 0.4) is 0 Å². The average molecular weight is 271 g/mol. The fraction of sp³-hybridized carbons (Fsp3) is 0.333. The molecule has 18 heavy (non-hydrogen) atoms. The Kier molecular flexibility index (Phi) is 3.02. The summed E-state index contributed by atoms with van der Waals surface area (Å²) in [5.41, 5.74) is -0.317. The Morgan fingerprint density at radius 1 is 1.50 bits per heavy atom. The minimum atomic E-state index is -0.654. The molecule has 2 rings (SSSR count). The quantitative estimate of drug-likeness (QED) is 0.687. The van der Waals surface area contributed by atoms with E-state index in [1.165, 1.54) is 12.3 Å². The van der Waals surface area contributed by atoms with Gasteiger partial charge < -0.3 is 4.74 Å². The van der Waals surface area contributed by atoms with Gasteiger partial charge in [0.1, 0.15) is 10.8 Å². The largest absolute Gasteiger partial charge is 0.443 e. The summed E-state index contributed by atoms with van der Waals surface area (Å²) in [6.45, 7) is 5.21. The van der Waals surface area contributed by atoms with Crippen molar-refractivity contribution in [1.82, 2.24) is 9.55 Å². The average Bonchev–Trinajstić information content (AvgIpc) is 2.53. The topological polar surface area (TPSA) is 44.1 Å². The van der Waals surface area contributed by atoms with E-state index in [1.807, 2.05) is 0 Å². The van der Waals surface area contributed by atoms with E-state index in [1.54, 1.807) is 20.8 Å². The molecule has 2 aromatic heterocycles. The van der Waals surface area contributed by atoms with E-state index in [2.05, 4.69) is 4.98 Å². The van der Waals surface area contributed by atoms with Crippen LogP contribution in [-0.4, -0.2) is 21.2 Å². The number of carbonyl (C=O) groups excluding carboxylic acids is 1. The second kappa shape index (κ2) is 4.24. The minimum Gasteiger partial charge on any atom is -0.443 e. The number of aromatic nitrogens is 2. The van der Waals surface area contributed by atoms with Crippen LogP contribution >= 0.6 is 11.6 Å². The molecule has 0 spiro atoms. The Bertz CT molecular complexity index is 616. The van der Waals surface area contributed by atoms with Gasteiger partial charge in [0.15, 0.2) is 5.82 Å². The van der Waals surface area contributed by atoms with Gasteiger partial charge in [-0.15, -0.1) is 0 Å². The number of carbonyl (C=O) groups is 1. The third-order valence-corrected chi connectivity index (χ3v) is 2.40. The van der Waals surface area contributed by atoms with Gasteiger partial charge >= 0.3 is 6.09 Å². The van der Waals surface area contributed by atoms with Crippen molar-refractivity contribution in [2.45, 2.75) is 26.4 Å². The zero-order chi connectivity index (χ0) is 13.5. The van der Waals surface area contributed by atoms with Gasteiger partial charge in [-0.1, -0.05) is 11.6 Å². The summed E-state index contributed by atoms with van der Waals surface area (Å²) in [7, 11) is 0. The normalized spacial score (nSPS) is 11.8. The van der Waals surface area contributed by atoms with Crippen LogP contribution in [0.5, 0.6) is 0 Å². The van der Waals surface area contributed by atoms with Crippen LogP contribution in [-0.2, 0) is 4.74 Å². The molecule has 0 saturated carbocycles. The summed E-state index contributed by atoms with van der Waals surface area (Å²) in [5, 5.41) is 0.413. The lowest BCUT2D eigenvalue weighted by Crippen LogP contribution is -2.26. The molecule has 0 unspecified atom stereocenters. The van der Waals surface area contributed by atoms with Crippen LogP contribution in [0.4, 0.5) is 9.18 Å². The molecule has 0 radical (unpaired) electrons. The molecule has 0 aromatic carbocycles. The fourth-order valence-corrected chi connectivity index (χ4v) is 1.67. The SMILES string of the molecule is CC(C)(C)OC(=O)n1cc(F)c2cnc(Cl)cc21. The Morgan fingerprint density at radius 2 is 2.17 bits per heavy atom. The highest BCUT2D eigenvalue weighted by molar-refractivity contribution is 6.30. The second-order valence-corrected chi connectivity index (χ2v) is 5.24. The standard InChI is InChI=1S/C12H12ClFN2O2/c1-12(2,3)18-11(17)16-6-8(14)7-5-15-10(13)4-9(7)16/h4-6H,1-3H3. The molecule has 0 aliphatic heterocycles. The monoisotopic (exact) mass is 270 g/mol. The molecule has 0 saturated heterocycles. The van der Waals surface area contributed by atoms with E-state index in [4.69, 9.17) is 16.3 Å². The van der Waals surface area contributed by atoms with Crippen LogP contribution in [0.25, 0.3) is 10.9 Å². The van der Waals surface area contributed by atoms with Gasteiger partial charge in [-0.2, -0.15) is 0 Å². The van der Waals surface area contributed by atoms with Crippen LogP contribution in [0.2, 0.25) is 5.15 Å². The molecule has 4 nitrogen and oxygen atoms in total. The van der Waals surface area contributed by atoms with Crippen LogP contribution in [0.15, 0.2) is 18.5 Å². The zero-order valence-corrected chi connectivity index (χ0v) is 11.0. The maximum Gasteiger partial charge on any atom is 0.419 e. The molecule has 96 valence electrons. The van der Waals surface area contributed by atoms with Crippen LogP contribution < -0.4 is 0 Å². The number of fused-ring (bicyclic) bond motifs is 1. The lowest BCUT2D eigenvalue weighted by atomic mass is 10.2. The van der Waals surface area contributed by atoms with Gasteiger partial charge in [-0.05, 0) is 20.8 Å². The van der Waals surface area contributed by atoms with Gasteiger partial charge in [0.2, 0.25) is 0 Å². The second-order valence-electron chi connectivity index (χ2n) is 4.85. The third-order valence-electron chi connectivity index (χ3n) is 2.20. The Labute approximate surface area is 108 Å². The Balaban J connectivity index is 2.51. The number of nitrogens with zero attached hydrogens (tertiary/aromatic N) is 2. The van der Waals surface area contributed by atoms with Gasteiger partial charge in [0.25, 0.3) is 0 Å². The highest BCUT2D eigenvalue weighted by Gasteiger charge is 2.21. The van der Waals surface area contributed by atoms with Crippen molar-refractivity contribution in [1.29, 1.82) is 0 Å². The molecule has 2 aromatic rings. The highest BCUT2D eigenvalue weighted by atomic mass is 35.5. The summed E-state index contributed by atoms with van der Waals surface area (Å²) in [4.78, 5) is 15.7. The first-order valence-electron chi connectivity index (χ1n) is 5.33. The van der Waals surface area contributed by atoms with Gasteiger partial charge in [0, 0.05) is 12.3 Å². The molecule has 0 bridgehead atoms. The zero-order valence-electron chi connectivity index (χ0n) is 10.2. The Morgan fingerprint density at radius 3 is 2.78 bits per heavy atom. The summed E-state index contributed by atoms with van der Waals surface area (Å²) in [6.07, 6.45) is 1.70. The van der Waals surface area contributed by atoms with Crippen molar-refractivity contribution >= 4 is 28.6 Å². The number of hydrogen-bond donors (Lipinski definition) is 0. The molecular formula is C12H12ClFN2O2. The molecule has 0 fully saturated rings. The van der Waals surface area contributed by atoms with Crippen LogP contribution in [0, 0.1) is 5.82 Å². The summed E-state index contributed by atoms with van der Waals surface area (Å²) in [5.74, 6) is -0.542. The van der Waals surface area contributed by atoms with Gasteiger partial charge in [-0.25, -0.2) is 18.7 Å². The molecule has 0 atom stereocenters. The summed E-state index contributed by atoms with van der Waals surface area (Å²) >= 11 is 5.74. The third kappa shape index (κ3) is 2.46. The number of rotatable bonds is 0. The minimum absolute atomic E-state index is 0.186. The van der Waals surface area contributed by atoms with Gasteiger partial charge in [0.05, 0.1) is 17.1 Å². The van der Waals surface area contributed by atoms with E-state index in [9.17, 15) is 9.18 Å². The van der Waals surface area contributed by atoms with Crippen molar-refractivity contribution in [2.24, 2.45) is 0 Å². The van der Waals surface area contributed by atoms with Crippen molar-refractivity contribution in [3.05, 3.63) is 29.4 Å². The van der Waals surface area contributed by atoms with Crippen LogP contribution in [0.1, 0.15) is 20.8 Å². The van der Waals surface area contributed by atoms with Crippen molar-refractivity contribution in [3.8, 4) is 0 Å². The molecule has 0 aliphatic carbocycles. The van der Waals surface area contributed by atoms with E-state index >= 15 is 0 Å². The molecule has 6 heteroatoms. The lowest BCUT2D eigenvalue weighted by Gasteiger charge is -2.19. The van der Waals surface area contributed by atoms with Crippen molar-refractivity contribution in [3.63, 3.8) is 0 Å². The molecular weight excluding hydrogens is 259 g/mol. The summed E-state index contributed by atoms with van der Waals surface area (Å²) in [6, 6.07) is 1.42.